The van der Waals surface area contributed by atoms with Crippen LogP contribution in [0.15, 0.2) is 22.7 Å². The van der Waals surface area contributed by atoms with Gasteiger partial charge in [0.2, 0.25) is 0 Å². The normalized spacial score (nSPS) is 9.86. The van der Waals surface area contributed by atoms with E-state index in [2.05, 4.69) is 15.9 Å². The van der Waals surface area contributed by atoms with Crippen LogP contribution in [0.4, 0.5) is 0 Å². The Morgan fingerprint density at radius 1 is 1.57 bits per heavy atom. The van der Waals surface area contributed by atoms with Gasteiger partial charge < -0.3 is 10.5 Å². The summed E-state index contributed by atoms with van der Waals surface area (Å²) in [6.07, 6.45) is 0.607. The molecule has 0 aliphatic rings. The second-order valence-electron chi connectivity index (χ2n) is 3.00. The minimum atomic E-state index is 0.480. The van der Waals surface area contributed by atoms with E-state index in [1.54, 1.807) is 0 Å². The summed E-state index contributed by atoms with van der Waals surface area (Å²) < 4.78 is 6.45. The minimum Gasteiger partial charge on any atom is -0.492 e. The molecule has 2 N–H and O–H groups in total. The van der Waals surface area contributed by atoms with E-state index in [4.69, 9.17) is 22.7 Å². The Labute approximate surface area is 97.6 Å². The average molecular weight is 274 g/mol. The Kier molecular flexibility index (Phi) is 4.35. The Morgan fingerprint density at radius 2 is 2.29 bits per heavy atom. The fourth-order valence-electron chi connectivity index (χ4n) is 0.985. The fraction of sp³-hybridized carbons (Fsp3) is 0.300. The van der Waals surface area contributed by atoms with Crippen LogP contribution in [0.3, 0.4) is 0 Å². The molecule has 1 aromatic carbocycles. The molecule has 1 rings (SSSR count). The molecule has 0 unspecified atom stereocenters. The van der Waals surface area contributed by atoms with Crippen molar-refractivity contribution in [1.82, 2.24) is 0 Å². The van der Waals surface area contributed by atoms with Crippen LogP contribution >= 0.6 is 28.1 Å². The van der Waals surface area contributed by atoms with Crippen LogP contribution in [0.25, 0.3) is 0 Å². The van der Waals surface area contributed by atoms with E-state index in [1.807, 2.05) is 25.1 Å². The van der Waals surface area contributed by atoms with Gasteiger partial charge in [-0.05, 0) is 40.5 Å². The van der Waals surface area contributed by atoms with Crippen molar-refractivity contribution in [2.24, 2.45) is 5.73 Å². The van der Waals surface area contributed by atoms with Crippen LogP contribution in [0.2, 0.25) is 0 Å². The van der Waals surface area contributed by atoms with Crippen LogP contribution in [-0.2, 0) is 0 Å². The summed E-state index contributed by atoms with van der Waals surface area (Å²) in [6.45, 7) is 2.56. The molecule has 0 spiro atoms. The van der Waals surface area contributed by atoms with E-state index in [0.29, 0.717) is 18.0 Å². The molecule has 14 heavy (non-hydrogen) atoms. The third-order valence-electron chi connectivity index (χ3n) is 1.69. The van der Waals surface area contributed by atoms with Crippen LogP contribution in [-0.4, -0.2) is 11.6 Å². The number of nitrogens with two attached hydrogens (primary N) is 1. The molecule has 0 amide bonds. The van der Waals surface area contributed by atoms with E-state index in [0.717, 1.165) is 10.2 Å². The highest BCUT2D eigenvalue weighted by Gasteiger charge is 2.00. The molecule has 0 fully saturated rings. The molecule has 0 bridgehead atoms. The van der Waals surface area contributed by atoms with Crippen molar-refractivity contribution in [3.8, 4) is 5.75 Å². The van der Waals surface area contributed by atoms with Gasteiger partial charge in [0.15, 0.2) is 0 Å². The summed E-state index contributed by atoms with van der Waals surface area (Å²) in [5.41, 5.74) is 6.55. The molecule has 0 radical (unpaired) electrons. The Hall–Kier alpha value is -0.610. The minimum absolute atomic E-state index is 0.480. The van der Waals surface area contributed by atoms with E-state index >= 15 is 0 Å². The molecular formula is C10H12BrNOS. The van der Waals surface area contributed by atoms with E-state index in [1.165, 1.54) is 5.56 Å². The van der Waals surface area contributed by atoms with Gasteiger partial charge >= 0.3 is 0 Å². The molecule has 4 heteroatoms. The van der Waals surface area contributed by atoms with Gasteiger partial charge in [0.05, 0.1) is 16.1 Å². The lowest BCUT2D eigenvalue weighted by molar-refractivity contribution is 0.327. The van der Waals surface area contributed by atoms with Gasteiger partial charge in [-0.25, -0.2) is 0 Å². The average Bonchev–Trinajstić information content (AvgIpc) is 2.08. The van der Waals surface area contributed by atoms with E-state index < -0.39 is 0 Å². The van der Waals surface area contributed by atoms with Gasteiger partial charge in [0.1, 0.15) is 5.75 Å². The largest absolute Gasteiger partial charge is 0.492 e. The number of benzene rings is 1. The number of hydrogen-bond donors (Lipinski definition) is 1. The highest BCUT2D eigenvalue weighted by molar-refractivity contribution is 9.10. The molecule has 0 saturated carbocycles. The van der Waals surface area contributed by atoms with Crippen molar-refractivity contribution < 1.29 is 4.74 Å². The summed E-state index contributed by atoms with van der Waals surface area (Å²) in [4.78, 5) is 0.480. The summed E-state index contributed by atoms with van der Waals surface area (Å²) in [5, 5.41) is 0. The van der Waals surface area contributed by atoms with Gasteiger partial charge in [-0.1, -0.05) is 18.3 Å². The molecular weight excluding hydrogens is 262 g/mol. The van der Waals surface area contributed by atoms with Crippen molar-refractivity contribution in [3.63, 3.8) is 0 Å². The summed E-state index contributed by atoms with van der Waals surface area (Å²) >= 11 is 8.18. The first kappa shape index (κ1) is 11.5. The zero-order chi connectivity index (χ0) is 10.6. The predicted octanol–water partition coefficient (Wildman–Crippen LogP) is 2.81. The molecule has 0 heterocycles. The fourth-order valence-corrected chi connectivity index (χ4v) is 1.68. The highest BCUT2D eigenvalue weighted by Crippen LogP contribution is 2.25. The molecule has 0 atom stereocenters. The van der Waals surface area contributed by atoms with Crippen molar-refractivity contribution in [2.45, 2.75) is 13.3 Å². The predicted molar refractivity (Wildman–Crippen MR) is 65.8 cm³/mol. The smallest absolute Gasteiger partial charge is 0.133 e. The molecule has 0 aliphatic heterocycles. The Balaban J connectivity index is 2.55. The third-order valence-corrected chi connectivity index (χ3v) is 2.52. The number of halogens is 1. The molecule has 2 nitrogen and oxygen atoms in total. The zero-order valence-corrected chi connectivity index (χ0v) is 10.3. The Morgan fingerprint density at radius 3 is 2.86 bits per heavy atom. The first-order chi connectivity index (χ1) is 6.59. The first-order valence-electron chi connectivity index (χ1n) is 4.27. The SMILES string of the molecule is Cc1ccc(OCCC(N)=S)c(Br)c1. The number of ether oxygens (including phenoxy) is 1. The quantitative estimate of drug-likeness (QED) is 0.857. The van der Waals surface area contributed by atoms with Crippen LogP contribution in [0.1, 0.15) is 12.0 Å². The van der Waals surface area contributed by atoms with Gasteiger partial charge in [-0.15, -0.1) is 0 Å². The van der Waals surface area contributed by atoms with Crippen molar-refractivity contribution in [3.05, 3.63) is 28.2 Å². The lowest BCUT2D eigenvalue weighted by atomic mass is 10.2. The monoisotopic (exact) mass is 273 g/mol. The van der Waals surface area contributed by atoms with Crippen molar-refractivity contribution >= 4 is 33.1 Å². The number of aryl methyl sites for hydroxylation is 1. The van der Waals surface area contributed by atoms with Gasteiger partial charge in [0, 0.05) is 6.42 Å². The second kappa shape index (κ2) is 5.32. The molecule has 0 aliphatic carbocycles. The Bertz CT molecular complexity index is 341. The highest BCUT2D eigenvalue weighted by atomic mass is 79.9. The molecule has 1 aromatic rings. The van der Waals surface area contributed by atoms with E-state index in [9.17, 15) is 0 Å². The molecule has 0 aromatic heterocycles. The molecule has 0 saturated heterocycles. The third kappa shape index (κ3) is 3.64. The van der Waals surface area contributed by atoms with Crippen LogP contribution in [0.5, 0.6) is 5.75 Å². The lowest BCUT2D eigenvalue weighted by Gasteiger charge is -2.07. The van der Waals surface area contributed by atoms with Gasteiger partial charge in [-0.2, -0.15) is 0 Å². The first-order valence-corrected chi connectivity index (χ1v) is 5.47. The van der Waals surface area contributed by atoms with E-state index in [-0.39, 0.29) is 0 Å². The lowest BCUT2D eigenvalue weighted by Crippen LogP contribution is -2.12. The summed E-state index contributed by atoms with van der Waals surface area (Å²) in [6, 6.07) is 5.94. The second-order valence-corrected chi connectivity index (χ2v) is 4.38. The van der Waals surface area contributed by atoms with Crippen molar-refractivity contribution in [1.29, 1.82) is 0 Å². The summed E-state index contributed by atoms with van der Waals surface area (Å²) in [7, 11) is 0. The maximum Gasteiger partial charge on any atom is 0.133 e. The number of thiocarbonyl (C=S) groups is 1. The maximum atomic E-state index is 5.49. The number of hydrogen-bond acceptors (Lipinski definition) is 2. The standard InChI is InChI=1S/C10H12BrNOS/c1-7-2-3-9(8(11)6-7)13-5-4-10(12)14/h2-3,6H,4-5H2,1H3,(H2,12,14). The van der Waals surface area contributed by atoms with Crippen LogP contribution < -0.4 is 10.5 Å². The maximum absolute atomic E-state index is 5.49. The van der Waals surface area contributed by atoms with Gasteiger partial charge in [0.25, 0.3) is 0 Å². The summed E-state index contributed by atoms with van der Waals surface area (Å²) in [5.74, 6) is 0.826. The number of rotatable bonds is 4. The molecule has 76 valence electrons. The van der Waals surface area contributed by atoms with Crippen LogP contribution in [0, 0.1) is 6.92 Å². The van der Waals surface area contributed by atoms with Gasteiger partial charge in [-0.3, -0.25) is 0 Å². The topological polar surface area (TPSA) is 35.2 Å². The van der Waals surface area contributed by atoms with Crippen molar-refractivity contribution in [2.75, 3.05) is 6.61 Å². The zero-order valence-electron chi connectivity index (χ0n) is 7.92.